The van der Waals surface area contributed by atoms with Crippen molar-refractivity contribution in [2.45, 2.75) is 51.8 Å². The van der Waals surface area contributed by atoms with Gasteiger partial charge in [-0.25, -0.2) is 9.59 Å². The van der Waals surface area contributed by atoms with E-state index in [1.165, 1.54) is 6.92 Å². The first-order valence-corrected chi connectivity index (χ1v) is 6.62. The molecule has 22 heavy (non-hydrogen) atoms. The van der Waals surface area contributed by atoms with Crippen LogP contribution in [0.2, 0.25) is 0 Å². The molecular weight excluding hydrogens is 294 g/mol. The lowest BCUT2D eigenvalue weighted by molar-refractivity contribution is -0.146. The highest BCUT2D eigenvalue weighted by molar-refractivity contribution is 5.91. The minimum Gasteiger partial charge on any atom is -0.467 e. The number of carbonyl (C=O) groups excluding carboxylic acids is 4. The van der Waals surface area contributed by atoms with Gasteiger partial charge in [-0.1, -0.05) is 0 Å². The number of methoxy groups -OCH3 is 1. The number of hydrogen-bond donors (Lipinski definition) is 3. The summed E-state index contributed by atoms with van der Waals surface area (Å²) >= 11 is 0. The number of alkyl carbamates (subject to hydrolysis) is 1. The van der Waals surface area contributed by atoms with Crippen LogP contribution in [0.15, 0.2) is 0 Å². The standard InChI is InChI=1S/C13H23N3O6/c1-7(15-12(20)22-13(2,3)4)10(18)16-8(6-9(14)17)11(19)21-5/h7-8H,6H2,1-5H3,(H2,14,17)(H,15,20)(H,16,18)/t7-,8?/m0/s1. The Morgan fingerprint density at radius 1 is 1.14 bits per heavy atom. The first-order valence-electron chi connectivity index (χ1n) is 6.62. The van der Waals surface area contributed by atoms with Gasteiger partial charge in [0.05, 0.1) is 13.5 Å². The minimum atomic E-state index is -1.21. The van der Waals surface area contributed by atoms with Crippen molar-refractivity contribution in [3.05, 3.63) is 0 Å². The maximum absolute atomic E-state index is 11.9. The lowest BCUT2D eigenvalue weighted by atomic mass is 10.2. The summed E-state index contributed by atoms with van der Waals surface area (Å²) in [6, 6.07) is -2.19. The van der Waals surface area contributed by atoms with Crippen LogP contribution in [0, 0.1) is 0 Å². The lowest BCUT2D eigenvalue weighted by Gasteiger charge is -2.22. The highest BCUT2D eigenvalue weighted by atomic mass is 16.6. The zero-order valence-corrected chi connectivity index (χ0v) is 13.4. The fraction of sp³-hybridized carbons (Fsp3) is 0.692. The third-order valence-corrected chi connectivity index (χ3v) is 2.33. The van der Waals surface area contributed by atoms with Crippen LogP contribution in [0.5, 0.6) is 0 Å². The molecule has 0 heterocycles. The molecule has 0 rings (SSSR count). The topological polar surface area (TPSA) is 137 Å². The van der Waals surface area contributed by atoms with Gasteiger partial charge in [0.2, 0.25) is 11.8 Å². The molecule has 9 heteroatoms. The first-order chi connectivity index (χ1) is 9.96. The van der Waals surface area contributed by atoms with Crippen molar-refractivity contribution >= 4 is 23.9 Å². The number of nitrogens with two attached hydrogens (primary N) is 1. The fourth-order valence-electron chi connectivity index (χ4n) is 1.38. The Morgan fingerprint density at radius 3 is 2.09 bits per heavy atom. The second-order valence-electron chi connectivity index (χ2n) is 5.62. The molecule has 0 spiro atoms. The van der Waals surface area contributed by atoms with Gasteiger partial charge >= 0.3 is 12.1 Å². The molecule has 0 aromatic rings. The van der Waals surface area contributed by atoms with Gasteiger partial charge in [-0.3, -0.25) is 9.59 Å². The smallest absolute Gasteiger partial charge is 0.408 e. The Bertz CT molecular complexity index is 444. The number of primary amides is 1. The number of ether oxygens (including phenoxy) is 2. The van der Waals surface area contributed by atoms with Crippen molar-refractivity contribution in [1.82, 2.24) is 10.6 Å². The van der Waals surface area contributed by atoms with Crippen molar-refractivity contribution in [2.24, 2.45) is 5.73 Å². The summed E-state index contributed by atoms with van der Waals surface area (Å²) in [6.07, 6.45) is -1.18. The molecule has 0 aliphatic rings. The van der Waals surface area contributed by atoms with Gasteiger partial charge in [0.25, 0.3) is 0 Å². The van der Waals surface area contributed by atoms with E-state index in [2.05, 4.69) is 15.4 Å². The third-order valence-electron chi connectivity index (χ3n) is 2.33. The zero-order valence-electron chi connectivity index (χ0n) is 13.4. The number of nitrogens with one attached hydrogen (secondary N) is 2. The predicted octanol–water partition coefficient (Wildman–Crippen LogP) is -0.567. The van der Waals surface area contributed by atoms with Crippen molar-refractivity contribution in [1.29, 1.82) is 0 Å². The van der Waals surface area contributed by atoms with E-state index in [4.69, 9.17) is 10.5 Å². The van der Waals surface area contributed by atoms with Crippen LogP contribution >= 0.6 is 0 Å². The van der Waals surface area contributed by atoms with Crippen LogP contribution in [-0.4, -0.2) is 48.7 Å². The van der Waals surface area contributed by atoms with Crippen LogP contribution in [0.1, 0.15) is 34.1 Å². The Morgan fingerprint density at radius 2 is 1.68 bits per heavy atom. The van der Waals surface area contributed by atoms with Gasteiger partial charge in [0, 0.05) is 0 Å². The Balaban J connectivity index is 4.63. The maximum Gasteiger partial charge on any atom is 0.408 e. The molecule has 0 aliphatic carbocycles. The highest BCUT2D eigenvalue weighted by Gasteiger charge is 2.27. The van der Waals surface area contributed by atoms with Crippen LogP contribution in [0.25, 0.3) is 0 Å². The number of carbonyl (C=O) groups is 4. The second-order valence-corrected chi connectivity index (χ2v) is 5.62. The fourth-order valence-corrected chi connectivity index (χ4v) is 1.38. The third kappa shape index (κ3) is 8.08. The van der Waals surface area contributed by atoms with Crippen molar-refractivity contribution in [2.75, 3.05) is 7.11 Å². The Kier molecular flexibility index (Phi) is 7.34. The van der Waals surface area contributed by atoms with Gasteiger partial charge < -0.3 is 25.8 Å². The van der Waals surface area contributed by atoms with E-state index in [0.717, 1.165) is 7.11 Å². The van der Waals surface area contributed by atoms with Crippen molar-refractivity contribution < 1.29 is 28.7 Å². The summed E-state index contributed by atoms with van der Waals surface area (Å²) < 4.78 is 9.47. The average Bonchev–Trinajstić information content (AvgIpc) is 2.33. The zero-order chi connectivity index (χ0) is 17.5. The monoisotopic (exact) mass is 317 g/mol. The number of rotatable bonds is 6. The molecule has 0 bridgehead atoms. The van der Waals surface area contributed by atoms with Crippen molar-refractivity contribution in [3.8, 4) is 0 Å². The molecule has 0 radical (unpaired) electrons. The molecule has 0 aromatic carbocycles. The Hall–Kier alpha value is -2.32. The summed E-state index contributed by atoms with van der Waals surface area (Å²) in [5, 5.41) is 4.59. The summed E-state index contributed by atoms with van der Waals surface area (Å²) in [7, 11) is 1.12. The molecule has 2 atom stereocenters. The van der Waals surface area contributed by atoms with Crippen LogP contribution < -0.4 is 16.4 Å². The molecule has 3 amide bonds. The van der Waals surface area contributed by atoms with Gasteiger partial charge in [-0.15, -0.1) is 0 Å². The Labute approximate surface area is 128 Å². The SMILES string of the molecule is COC(=O)C(CC(N)=O)NC(=O)[C@H](C)NC(=O)OC(C)(C)C. The largest absolute Gasteiger partial charge is 0.467 e. The van der Waals surface area contributed by atoms with E-state index in [0.29, 0.717) is 0 Å². The molecule has 1 unspecified atom stereocenters. The van der Waals surface area contributed by atoms with Crippen LogP contribution in [0.4, 0.5) is 4.79 Å². The van der Waals surface area contributed by atoms with E-state index in [-0.39, 0.29) is 0 Å². The van der Waals surface area contributed by atoms with Gasteiger partial charge in [0.15, 0.2) is 0 Å². The van der Waals surface area contributed by atoms with E-state index in [1.807, 2.05) is 0 Å². The molecule has 9 nitrogen and oxygen atoms in total. The maximum atomic E-state index is 11.9. The van der Waals surface area contributed by atoms with Crippen molar-refractivity contribution in [3.63, 3.8) is 0 Å². The molecule has 0 saturated heterocycles. The minimum absolute atomic E-state index is 0.405. The molecule has 0 aromatic heterocycles. The lowest BCUT2D eigenvalue weighted by Crippen LogP contribution is -2.52. The quantitative estimate of drug-likeness (QED) is 0.561. The van der Waals surface area contributed by atoms with Gasteiger partial charge in [-0.2, -0.15) is 0 Å². The first kappa shape index (κ1) is 19.7. The van der Waals surface area contributed by atoms with E-state index < -0.39 is 48.0 Å². The number of amides is 3. The molecular formula is C13H23N3O6. The van der Waals surface area contributed by atoms with Crippen LogP contribution in [0.3, 0.4) is 0 Å². The molecule has 0 aliphatic heterocycles. The summed E-state index contributed by atoms with van der Waals surface area (Å²) in [6.45, 7) is 6.43. The molecule has 0 fully saturated rings. The summed E-state index contributed by atoms with van der Waals surface area (Å²) in [5.74, 6) is -2.26. The summed E-state index contributed by atoms with van der Waals surface area (Å²) in [5.41, 5.74) is 4.29. The number of hydrogen-bond acceptors (Lipinski definition) is 6. The molecule has 0 saturated carbocycles. The van der Waals surface area contributed by atoms with E-state index in [9.17, 15) is 19.2 Å². The van der Waals surface area contributed by atoms with E-state index in [1.54, 1.807) is 20.8 Å². The van der Waals surface area contributed by atoms with E-state index >= 15 is 0 Å². The average molecular weight is 317 g/mol. The summed E-state index contributed by atoms with van der Waals surface area (Å²) in [4.78, 5) is 45.8. The normalized spacial score (nSPS) is 13.5. The van der Waals surface area contributed by atoms with Gasteiger partial charge in [-0.05, 0) is 27.7 Å². The molecule has 126 valence electrons. The number of esters is 1. The highest BCUT2D eigenvalue weighted by Crippen LogP contribution is 2.06. The van der Waals surface area contributed by atoms with Gasteiger partial charge in [0.1, 0.15) is 17.7 Å². The second kappa shape index (κ2) is 8.20. The van der Waals surface area contributed by atoms with Crippen LogP contribution in [-0.2, 0) is 23.9 Å². The molecule has 4 N–H and O–H groups in total. The predicted molar refractivity (Wildman–Crippen MR) is 76.6 cm³/mol.